The van der Waals surface area contributed by atoms with Crippen LogP contribution in [0.25, 0.3) is 0 Å². The molecular weight excluding hydrogens is 200 g/mol. The molecule has 16 heavy (non-hydrogen) atoms. The molecule has 0 radical (unpaired) electrons. The van der Waals surface area contributed by atoms with Gasteiger partial charge in [0.1, 0.15) is 0 Å². The van der Waals surface area contributed by atoms with Gasteiger partial charge in [0.05, 0.1) is 5.57 Å². The largest absolute Gasteiger partial charge is 0.385 e. The van der Waals surface area contributed by atoms with Gasteiger partial charge in [0, 0.05) is 23.9 Å². The minimum atomic E-state index is 0.133. The lowest BCUT2D eigenvalue weighted by atomic mass is 9.87. The van der Waals surface area contributed by atoms with Gasteiger partial charge < -0.3 is 10.7 Å². The first-order valence-corrected chi connectivity index (χ1v) is 6.05. The molecule has 1 rings (SSSR count). The zero-order chi connectivity index (χ0) is 12.3. The van der Waals surface area contributed by atoms with E-state index in [1.807, 2.05) is 0 Å². The van der Waals surface area contributed by atoms with E-state index in [0.717, 1.165) is 18.5 Å². The first-order chi connectivity index (χ1) is 7.43. The molecule has 0 bridgehead atoms. The van der Waals surface area contributed by atoms with Gasteiger partial charge in [0.15, 0.2) is 5.78 Å². The van der Waals surface area contributed by atoms with Gasteiger partial charge in [-0.3, -0.25) is 4.79 Å². The van der Waals surface area contributed by atoms with Crippen LogP contribution >= 0.6 is 0 Å². The Bertz CT molecular complexity index is 309. The highest BCUT2D eigenvalue weighted by Gasteiger charge is 2.25. The van der Waals surface area contributed by atoms with E-state index in [0.29, 0.717) is 23.7 Å². The van der Waals surface area contributed by atoms with Crippen molar-refractivity contribution < 1.29 is 4.79 Å². The molecule has 0 saturated heterocycles. The third-order valence-electron chi connectivity index (χ3n) is 2.70. The minimum Gasteiger partial charge on any atom is -0.385 e. The van der Waals surface area contributed by atoms with E-state index in [-0.39, 0.29) is 11.7 Å². The van der Waals surface area contributed by atoms with Gasteiger partial charge in [-0.1, -0.05) is 13.8 Å². The summed E-state index contributed by atoms with van der Waals surface area (Å²) in [5.41, 5.74) is 2.10. The molecule has 3 heteroatoms. The quantitative estimate of drug-likeness (QED) is 0.721. The minimum absolute atomic E-state index is 0.133. The zero-order valence-electron chi connectivity index (χ0n) is 10.7. The van der Waals surface area contributed by atoms with Crippen LogP contribution in [0.4, 0.5) is 0 Å². The smallest absolute Gasteiger partial charge is 0.166 e. The van der Waals surface area contributed by atoms with E-state index in [1.165, 1.54) is 0 Å². The van der Waals surface area contributed by atoms with Gasteiger partial charge >= 0.3 is 0 Å². The Labute approximate surface area is 97.8 Å². The highest BCUT2D eigenvalue weighted by Crippen LogP contribution is 2.23. The van der Waals surface area contributed by atoms with Gasteiger partial charge in [-0.2, -0.15) is 0 Å². The van der Waals surface area contributed by atoms with Gasteiger partial charge in [-0.25, -0.2) is 0 Å². The van der Waals surface area contributed by atoms with Crippen molar-refractivity contribution in [3.05, 3.63) is 11.3 Å². The Morgan fingerprint density at radius 3 is 2.31 bits per heavy atom. The predicted octanol–water partition coefficient (Wildman–Crippen LogP) is 2.67. The summed E-state index contributed by atoms with van der Waals surface area (Å²) in [5, 5.41) is 11.3. The molecule has 90 valence electrons. The molecule has 1 fully saturated rings. The summed E-state index contributed by atoms with van der Waals surface area (Å²) in [5.74, 6) is 0.396. The van der Waals surface area contributed by atoms with Crippen LogP contribution in [0.15, 0.2) is 11.3 Å². The standard InChI is InChI=1S/C13H22N2O/c1-8(2)13(15-9(3)4)12-10(14)6-5-7-11(12)16/h8-9,14-15H,5-7H2,1-4H3/b13-12+,14-10?. The molecule has 2 N–H and O–H groups in total. The number of Topliss-reactive ketones (excluding diaryl/α,β-unsaturated/α-hetero) is 1. The number of carbonyl (C=O) groups excluding carboxylic acids is 1. The van der Waals surface area contributed by atoms with Crippen LogP contribution < -0.4 is 5.32 Å². The fraction of sp³-hybridized carbons (Fsp3) is 0.692. The second kappa shape index (κ2) is 5.28. The third-order valence-corrected chi connectivity index (χ3v) is 2.70. The average molecular weight is 222 g/mol. The second-order valence-electron chi connectivity index (χ2n) is 5.00. The lowest BCUT2D eigenvalue weighted by molar-refractivity contribution is -0.115. The van der Waals surface area contributed by atoms with Gasteiger partial charge in [0.25, 0.3) is 0 Å². The Balaban J connectivity index is 3.10. The Morgan fingerprint density at radius 1 is 1.25 bits per heavy atom. The molecule has 0 spiro atoms. The number of hydrogen-bond donors (Lipinski definition) is 2. The van der Waals surface area contributed by atoms with Crippen LogP contribution in [0.3, 0.4) is 0 Å². The van der Waals surface area contributed by atoms with Gasteiger partial charge in [-0.05, 0) is 32.6 Å². The lowest BCUT2D eigenvalue weighted by Gasteiger charge is -2.24. The summed E-state index contributed by atoms with van der Waals surface area (Å²) in [4.78, 5) is 11.9. The van der Waals surface area contributed by atoms with Crippen molar-refractivity contribution in [2.75, 3.05) is 0 Å². The fourth-order valence-electron chi connectivity index (χ4n) is 2.00. The Kier molecular flexibility index (Phi) is 4.27. The number of carbonyl (C=O) groups is 1. The summed E-state index contributed by atoms with van der Waals surface area (Å²) in [6, 6.07) is 0.299. The normalized spacial score (nSPS) is 20.6. The highest BCUT2D eigenvalue weighted by atomic mass is 16.1. The van der Waals surface area contributed by atoms with Crippen LogP contribution in [-0.4, -0.2) is 17.5 Å². The van der Waals surface area contributed by atoms with E-state index < -0.39 is 0 Å². The third kappa shape index (κ3) is 2.94. The molecule has 0 heterocycles. The summed E-state index contributed by atoms with van der Waals surface area (Å²) in [7, 11) is 0. The van der Waals surface area contributed by atoms with Crippen LogP contribution in [0.5, 0.6) is 0 Å². The van der Waals surface area contributed by atoms with Crippen molar-refractivity contribution in [2.24, 2.45) is 5.92 Å². The topological polar surface area (TPSA) is 53.0 Å². The van der Waals surface area contributed by atoms with Crippen molar-refractivity contribution in [1.82, 2.24) is 5.32 Å². The predicted molar refractivity (Wildman–Crippen MR) is 66.7 cm³/mol. The Morgan fingerprint density at radius 2 is 1.88 bits per heavy atom. The van der Waals surface area contributed by atoms with Crippen LogP contribution in [0, 0.1) is 11.3 Å². The maximum absolute atomic E-state index is 11.9. The van der Waals surface area contributed by atoms with E-state index in [2.05, 4.69) is 33.0 Å². The Hall–Kier alpha value is -1.12. The number of rotatable bonds is 3. The maximum Gasteiger partial charge on any atom is 0.166 e. The van der Waals surface area contributed by atoms with E-state index in [4.69, 9.17) is 5.41 Å². The molecule has 0 aromatic heterocycles. The molecule has 1 aliphatic carbocycles. The number of nitrogens with one attached hydrogen (secondary N) is 2. The summed E-state index contributed by atoms with van der Waals surface area (Å²) < 4.78 is 0. The number of ketones is 1. The molecule has 0 amide bonds. The monoisotopic (exact) mass is 222 g/mol. The zero-order valence-corrected chi connectivity index (χ0v) is 10.7. The van der Waals surface area contributed by atoms with E-state index in [1.54, 1.807) is 0 Å². The maximum atomic E-state index is 11.9. The van der Waals surface area contributed by atoms with Crippen LogP contribution in [0.2, 0.25) is 0 Å². The molecule has 0 aromatic rings. The van der Waals surface area contributed by atoms with Crippen molar-refractivity contribution in [3.8, 4) is 0 Å². The first kappa shape index (κ1) is 12.9. The summed E-state index contributed by atoms with van der Waals surface area (Å²) in [6.45, 7) is 8.24. The first-order valence-electron chi connectivity index (χ1n) is 6.05. The second-order valence-corrected chi connectivity index (χ2v) is 5.00. The number of hydrogen-bond acceptors (Lipinski definition) is 3. The van der Waals surface area contributed by atoms with E-state index >= 15 is 0 Å². The number of allylic oxidation sites excluding steroid dienone is 2. The van der Waals surface area contributed by atoms with Crippen molar-refractivity contribution in [1.29, 1.82) is 5.41 Å². The molecule has 0 aliphatic heterocycles. The molecule has 0 unspecified atom stereocenters. The average Bonchev–Trinajstić information content (AvgIpc) is 2.15. The molecule has 0 atom stereocenters. The van der Waals surface area contributed by atoms with Crippen molar-refractivity contribution >= 4 is 11.5 Å². The van der Waals surface area contributed by atoms with Crippen LogP contribution in [0.1, 0.15) is 47.0 Å². The summed E-state index contributed by atoms with van der Waals surface area (Å²) >= 11 is 0. The lowest BCUT2D eigenvalue weighted by Crippen LogP contribution is -2.31. The molecule has 1 saturated carbocycles. The fourth-order valence-corrected chi connectivity index (χ4v) is 2.00. The van der Waals surface area contributed by atoms with Gasteiger partial charge in [0.2, 0.25) is 0 Å². The SMILES string of the molecule is CC(C)N/C(=C1\C(=N)CCCC1=O)C(C)C. The van der Waals surface area contributed by atoms with Crippen molar-refractivity contribution in [3.63, 3.8) is 0 Å². The van der Waals surface area contributed by atoms with Crippen LogP contribution in [-0.2, 0) is 4.79 Å². The molecule has 3 nitrogen and oxygen atoms in total. The summed E-state index contributed by atoms with van der Waals surface area (Å²) in [6.07, 6.45) is 2.15. The molecule has 1 aliphatic rings. The highest BCUT2D eigenvalue weighted by molar-refractivity contribution is 6.23. The van der Waals surface area contributed by atoms with Crippen molar-refractivity contribution in [2.45, 2.75) is 53.0 Å². The van der Waals surface area contributed by atoms with E-state index in [9.17, 15) is 4.79 Å². The van der Waals surface area contributed by atoms with Gasteiger partial charge in [-0.15, -0.1) is 0 Å². The molecular formula is C13H22N2O. The molecule has 0 aromatic carbocycles.